The van der Waals surface area contributed by atoms with E-state index in [0.717, 1.165) is 39.1 Å². The number of hydrogen-bond donors (Lipinski definition) is 0. The number of para-hydroxylation sites is 2. The highest BCUT2D eigenvalue weighted by Gasteiger charge is 2.43. The van der Waals surface area contributed by atoms with Crippen molar-refractivity contribution in [3.05, 3.63) is 193 Å². The van der Waals surface area contributed by atoms with Gasteiger partial charge in [-0.15, -0.1) is 11.3 Å². The predicted molar refractivity (Wildman–Crippen MR) is 234 cm³/mol. The average Bonchev–Trinajstić information content (AvgIpc) is 3.96. The quantitative estimate of drug-likeness (QED) is 0.175. The van der Waals surface area contributed by atoms with Crippen LogP contribution < -0.4 is 4.90 Å². The molecule has 0 N–H and O–H groups in total. The number of benzene rings is 7. The van der Waals surface area contributed by atoms with Crippen LogP contribution >= 0.6 is 11.3 Å². The van der Waals surface area contributed by atoms with Crippen molar-refractivity contribution in [2.45, 2.75) is 12.0 Å². The summed E-state index contributed by atoms with van der Waals surface area (Å²) in [6, 6.07) is 60.0. The molecule has 2 aliphatic rings. The number of rotatable bonds is 5. The molecule has 57 heavy (non-hydrogen) atoms. The van der Waals surface area contributed by atoms with Crippen LogP contribution in [0.1, 0.15) is 22.8 Å². The maximum absolute atomic E-state index is 6.88. The van der Waals surface area contributed by atoms with E-state index in [-0.39, 0.29) is 12.0 Å². The first-order valence-corrected chi connectivity index (χ1v) is 20.1. The number of fused-ring (bicyclic) bond motifs is 10. The summed E-state index contributed by atoms with van der Waals surface area (Å²) in [4.78, 5) is 17.9. The van der Waals surface area contributed by atoms with E-state index in [4.69, 9.17) is 19.4 Å². The van der Waals surface area contributed by atoms with E-state index in [2.05, 4.69) is 157 Å². The first kappa shape index (κ1) is 32.1. The molecular formula is C51H32N4OS. The molecule has 4 heterocycles. The third-order valence-electron chi connectivity index (χ3n) is 11.5. The molecule has 1 aliphatic heterocycles. The molecule has 0 bridgehead atoms. The van der Waals surface area contributed by atoms with Crippen molar-refractivity contribution in [2.24, 2.45) is 0 Å². The van der Waals surface area contributed by atoms with Crippen LogP contribution in [0.4, 0.5) is 11.4 Å². The Morgan fingerprint density at radius 1 is 0.509 bits per heavy atom. The van der Waals surface area contributed by atoms with Crippen molar-refractivity contribution in [1.82, 2.24) is 15.0 Å². The molecule has 1 aliphatic carbocycles. The lowest BCUT2D eigenvalue weighted by Crippen LogP contribution is -2.30. The zero-order valence-electron chi connectivity index (χ0n) is 30.6. The fourth-order valence-electron chi connectivity index (χ4n) is 8.91. The van der Waals surface area contributed by atoms with Crippen molar-refractivity contribution in [2.75, 3.05) is 4.90 Å². The topological polar surface area (TPSA) is 55.1 Å². The highest BCUT2D eigenvalue weighted by atomic mass is 32.1. The van der Waals surface area contributed by atoms with Gasteiger partial charge in [-0.05, 0) is 59.2 Å². The van der Waals surface area contributed by atoms with Gasteiger partial charge in [-0.3, -0.25) is 0 Å². The van der Waals surface area contributed by atoms with Crippen molar-refractivity contribution < 1.29 is 4.42 Å². The molecule has 0 spiro atoms. The Morgan fingerprint density at radius 2 is 1.16 bits per heavy atom. The molecule has 5 nitrogen and oxygen atoms in total. The first-order chi connectivity index (χ1) is 28.2. The summed E-state index contributed by atoms with van der Waals surface area (Å²) in [6.45, 7) is 0. The van der Waals surface area contributed by atoms with Crippen molar-refractivity contribution in [1.29, 1.82) is 0 Å². The molecule has 3 aromatic heterocycles. The molecule has 268 valence electrons. The number of nitrogens with zero attached hydrogens (tertiary/aromatic N) is 4. The number of hydrogen-bond acceptors (Lipinski definition) is 6. The van der Waals surface area contributed by atoms with Crippen LogP contribution in [0.3, 0.4) is 0 Å². The second-order valence-electron chi connectivity index (χ2n) is 14.7. The SMILES string of the molecule is C1=CC2C(c3ccccc3N2c2ccc(-c3ccccc3)cc2)c2c1oc1c(-c3nc(-c4ccccc4)nc(-c4ccc5c(c4)sc4ccccc45)n3)cccc21. The second kappa shape index (κ2) is 12.7. The lowest BCUT2D eigenvalue weighted by molar-refractivity contribution is 0.584. The Kier molecular flexibility index (Phi) is 7.16. The Bertz CT molecular complexity index is 3200. The minimum absolute atomic E-state index is 0.0772. The normalized spacial score (nSPS) is 15.6. The van der Waals surface area contributed by atoms with Crippen LogP contribution in [0.2, 0.25) is 0 Å². The molecule has 2 atom stereocenters. The lowest BCUT2D eigenvalue weighted by atomic mass is 9.82. The van der Waals surface area contributed by atoms with E-state index in [1.54, 1.807) is 11.3 Å². The summed E-state index contributed by atoms with van der Waals surface area (Å²) >= 11 is 1.79. The summed E-state index contributed by atoms with van der Waals surface area (Å²) in [5.41, 5.74) is 10.8. The van der Waals surface area contributed by atoms with Gasteiger partial charge in [0.25, 0.3) is 0 Å². The molecule has 7 aromatic carbocycles. The van der Waals surface area contributed by atoms with Crippen molar-refractivity contribution >= 4 is 59.9 Å². The summed E-state index contributed by atoms with van der Waals surface area (Å²) in [5.74, 6) is 2.79. The lowest BCUT2D eigenvalue weighted by Gasteiger charge is -2.30. The van der Waals surface area contributed by atoms with Gasteiger partial charge in [-0.1, -0.05) is 140 Å². The molecular weight excluding hydrogens is 717 g/mol. The maximum atomic E-state index is 6.88. The zero-order valence-corrected chi connectivity index (χ0v) is 31.4. The van der Waals surface area contributed by atoms with Crippen molar-refractivity contribution in [3.63, 3.8) is 0 Å². The maximum Gasteiger partial charge on any atom is 0.167 e. The molecule has 0 saturated carbocycles. The fraction of sp³-hybridized carbons (Fsp3) is 0.0392. The second-order valence-corrected chi connectivity index (χ2v) is 15.8. The fourth-order valence-corrected chi connectivity index (χ4v) is 10.1. The van der Waals surface area contributed by atoms with Crippen LogP contribution in [0, 0.1) is 0 Å². The minimum atomic E-state index is 0.0772. The Hall–Kier alpha value is -7.15. The van der Waals surface area contributed by atoms with E-state index >= 15 is 0 Å². The summed E-state index contributed by atoms with van der Waals surface area (Å²) in [7, 11) is 0. The summed E-state index contributed by atoms with van der Waals surface area (Å²) in [6.07, 6.45) is 4.46. The Balaban J connectivity index is 0.988. The van der Waals surface area contributed by atoms with E-state index in [1.165, 1.54) is 48.1 Å². The van der Waals surface area contributed by atoms with Crippen molar-refractivity contribution in [3.8, 4) is 45.3 Å². The van der Waals surface area contributed by atoms with Gasteiger partial charge in [0.05, 0.1) is 11.6 Å². The van der Waals surface area contributed by atoms with Gasteiger partial charge in [-0.25, -0.2) is 15.0 Å². The zero-order chi connectivity index (χ0) is 37.5. The van der Waals surface area contributed by atoms with Crippen LogP contribution in [0.5, 0.6) is 0 Å². The highest BCUT2D eigenvalue weighted by molar-refractivity contribution is 7.25. The van der Waals surface area contributed by atoms with E-state index < -0.39 is 0 Å². The summed E-state index contributed by atoms with van der Waals surface area (Å²) < 4.78 is 9.36. The predicted octanol–water partition coefficient (Wildman–Crippen LogP) is 13.3. The van der Waals surface area contributed by atoms with Crippen LogP contribution in [0.25, 0.3) is 82.5 Å². The van der Waals surface area contributed by atoms with Gasteiger partial charge < -0.3 is 9.32 Å². The molecule has 10 aromatic rings. The third-order valence-corrected chi connectivity index (χ3v) is 12.6. The van der Waals surface area contributed by atoms with Gasteiger partial charge in [0, 0.05) is 59.5 Å². The molecule has 0 amide bonds. The van der Waals surface area contributed by atoms with Gasteiger partial charge in [0.2, 0.25) is 0 Å². The smallest absolute Gasteiger partial charge is 0.167 e. The molecule has 0 fully saturated rings. The molecule has 0 radical (unpaired) electrons. The minimum Gasteiger partial charge on any atom is -0.456 e. The molecule has 12 rings (SSSR count). The standard InChI is InChI=1S/C51H32N4OS/c1-3-12-31(13-4-1)32-22-25-35(26-23-32)55-41-20-9-7-17-38(41)46-42(55)28-29-43-47(46)39-18-11-19-40(48(39)56-43)51-53-49(33-14-5-2-6-15-33)52-50(54-51)34-24-27-37-36-16-8-10-21-44(36)57-45(37)30-34/h1-30,42,46H. The van der Waals surface area contributed by atoms with E-state index in [9.17, 15) is 0 Å². The van der Waals surface area contributed by atoms with Gasteiger partial charge in [-0.2, -0.15) is 0 Å². The monoisotopic (exact) mass is 748 g/mol. The van der Waals surface area contributed by atoms with E-state index in [1.807, 2.05) is 30.3 Å². The summed E-state index contributed by atoms with van der Waals surface area (Å²) in [5, 5.41) is 3.59. The van der Waals surface area contributed by atoms with Gasteiger partial charge in [0.15, 0.2) is 17.5 Å². The van der Waals surface area contributed by atoms with Crippen LogP contribution in [-0.2, 0) is 0 Å². The van der Waals surface area contributed by atoms with Gasteiger partial charge >= 0.3 is 0 Å². The van der Waals surface area contributed by atoms with E-state index in [0.29, 0.717) is 17.5 Å². The number of aromatic nitrogens is 3. The highest BCUT2D eigenvalue weighted by Crippen LogP contribution is 2.54. The van der Waals surface area contributed by atoms with Crippen LogP contribution in [-0.4, -0.2) is 21.0 Å². The number of furan rings is 1. The number of thiophene rings is 1. The Morgan fingerprint density at radius 3 is 2.00 bits per heavy atom. The molecule has 0 saturated heterocycles. The molecule has 6 heteroatoms. The van der Waals surface area contributed by atoms with Crippen LogP contribution in [0.15, 0.2) is 180 Å². The largest absolute Gasteiger partial charge is 0.456 e. The molecule has 2 unspecified atom stereocenters. The average molecular weight is 749 g/mol. The van der Waals surface area contributed by atoms with Gasteiger partial charge in [0.1, 0.15) is 11.3 Å². The number of anilines is 2. The first-order valence-electron chi connectivity index (χ1n) is 19.3. The Labute approximate surface area is 332 Å². The third kappa shape index (κ3) is 5.11.